The van der Waals surface area contributed by atoms with Gasteiger partial charge in [-0.25, -0.2) is 0 Å². The Bertz CT molecular complexity index is 87.6. The van der Waals surface area contributed by atoms with E-state index in [-0.39, 0.29) is 0 Å². The van der Waals surface area contributed by atoms with Gasteiger partial charge in [0, 0.05) is 4.43 Å². The summed E-state index contributed by atoms with van der Waals surface area (Å²) in [5, 5.41) is 0. The number of halogens is 1. The van der Waals surface area contributed by atoms with Crippen LogP contribution in [-0.4, -0.2) is 29.8 Å². The molecule has 1 aliphatic heterocycles. The normalized spacial score (nSPS) is 34.2. The van der Waals surface area contributed by atoms with E-state index >= 15 is 0 Å². The van der Waals surface area contributed by atoms with E-state index in [0.717, 1.165) is 24.1 Å². The minimum Gasteiger partial charge on any atom is -0.376 e. The minimum atomic E-state index is 0.333. The third-order valence-corrected chi connectivity index (χ3v) is 2.60. The monoisotopic (exact) mass is 256 g/mol. The molecule has 3 heteroatoms. The summed E-state index contributed by atoms with van der Waals surface area (Å²) in [6, 6.07) is 0. The summed E-state index contributed by atoms with van der Waals surface area (Å²) in [4.78, 5) is 0. The SMILES string of the molecule is CCC1COCC(CI)O1. The fourth-order valence-corrected chi connectivity index (χ4v) is 1.44. The first-order valence-corrected chi connectivity index (χ1v) is 5.18. The molecule has 2 atom stereocenters. The van der Waals surface area contributed by atoms with Crippen LogP contribution in [0.2, 0.25) is 0 Å². The molecule has 1 rings (SSSR count). The van der Waals surface area contributed by atoms with Gasteiger partial charge in [0.1, 0.15) is 0 Å². The summed E-state index contributed by atoms with van der Waals surface area (Å²) in [5.74, 6) is 0. The Morgan fingerprint density at radius 2 is 2.10 bits per heavy atom. The molecule has 1 heterocycles. The number of hydrogen-bond donors (Lipinski definition) is 0. The second kappa shape index (κ2) is 4.51. The highest BCUT2D eigenvalue weighted by molar-refractivity contribution is 14.1. The predicted molar refractivity (Wildman–Crippen MR) is 48.7 cm³/mol. The molecule has 1 aliphatic rings. The lowest BCUT2D eigenvalue weighted by atomic mass is 10.2. The summed E-state index contributed by atoms with van der Waals surface area (Å²) >= 11 is 2.33. The zero-order valence-electron chi connectivity index (χ0n) is 6.18. The van der Waals surface area contributed by atoms with Crippen LogP contribution in [0.3, 0.4) is 0 Å². The van der Waals surface area contributed by atoms with Gasteiger partial charge in [-0.05, 0) is 6.42 Å². The first-order valence-electron chi connectivity index (χ1n) is 3.66. The molecule has 1 saturated heterocycles. The molecular weight excluding hydrogens is 243 g/mol. The molecule has 0 spiro atoms. The smallest absolute Gasteiger partial charge is 0.0902 e. The van der Waals surface area contributed by atoms with Crippen LogP contribution < -0.4 is 0 Å². The molecule has 0 N–H and O–H groups in total. The van der Waals surface area contributed by atoms with Crippen molar-refractivity contribution >= 4 is 22.6 Å². The third-order valence-electron chi connectivity index (χ3n) is 1.62. The molecule has 0 aromatic rings. The highest BCUT2D eigenvalue weighted by Gasteiger charge is 2.19. The van der Waals surface area contributed by atoms with Crippen molar-refractivity contribution in [2.75, 3.05) is 17.6 Å². The number of ether oxygens (including phenoxy) is 2. The van der Waals surface area contributed by atoms with Gasteiger partial charge in [-0.2, -0.15) is 0 Å². The molecule has 0 radical (unpaired) electrons. The molecule has 0 aromatic carbocycles. The van der Waals surface area contributed by atoms with Crippen LogP contribution in [0.1, 0.15) is 13.3 Å². The van der Waals surface area contributed by atoms with Crippen molar-refractivity contribution in [3.63, 3.8) is 0 Å². The van der Waals surface area contributed by atoms with Crippen LogP contribution in [0, 0.1) is 0 Å². The van der Waals surface area contributed by atoms with E-state index in [4.69, 9.17) is 9.47 Å². The van der Waals surface area contributed by atoms with Crippen LogP contribution in [-0.2, 0) is 9.47 Å². The summed E-state index contributed by atoms with van der Waals surface area (Å²) < 4.78 is 12.0. The van der Waals surface area contributed by atoms with E-state index < -0.39 is 0 Å². The lowest BCUT2D eigenvalue weighted by Gasteiger charge is -2.28. The van der Waals surface area contributed by atoms with Gasteiger partial charge in [0.2, 0.25) is 0 Å². The van der Waals surface area contributed by atoms with Gasteiger partial charge in [0.15, 0.2) is 0 Å². The van der Waals surface area contributed by atoms with E-state index in [1.54, 1.807) is 0 Å². The largest absolute Gasteiger partial charge is 0.376 e. The van der Waals surface area contributed by atoms with Crippen molar-refractivity contribution in [2.45, 2.75) is 25.6 Å². The van der Waals surface area contributed by atoms with E-state index in [2.05, 4.69) is 29.5 Å². The van der Waals surface area contributed by atoms with Crippen molar-refractivity contribution in [2.24, 2.45) is 0 Å². The summed E-state index contributed by atoms with van der Waals surface area (Å²) in [7, 11) is 0. The second-order valence-electron chi connectivity index (χ2n) is 2.48. The zero-order valence-corrected chi connectivity index (χ0v) is 8.34. The Balaban J connectivity index is 2.25. The molecule has 0 aromatic heterocycles. The van der Waals surface area contributed by atoms with Gasteiger partial charge in [0.05, 0.1) is 25.4 Å². The van der Waals surface area contributed by atoms with E-state index in [1.165, 1.54) is 0 Å². The molecule has 60 valence electrons. The van der Waals surface area contributed by atoms with Crippen molar-refractivity contribution in [3.8, 4) is 0 Å². The van der Waals surface area contributed by atoms with Crippen LogP contribution >= 0.6 is 22.6 Å². The zero-order chi connectivity index (χ0) is 7.40. The molecule has 1 fully saturated rings. The average molecular weight is 256 g/mol. The van der Waals surface area contributed by atoms with Crippen molar-refractivity contribution < 1.29 is 9.47 Å². The fraction of sp³-hybridized carbons (Fsp3) is 1.00. The van der Waals surface area contributed by atoms with E-state index in [1.807, 2.05) is 0 Å². The molecule has 2 nitrogen and oxygen atoms in total. The lowest BCUT2D eigenvalue weighted by molar-refractivity contribution is -0.128. The molecule has 0 amide bonds. The highest BCUT2D eigenvalue weighted by Crippen LogP contribution is 2.12. The minimum absolute atomic E-state index is 0.333. The average Bonchev–Trinajstić information content (AvgIpc) is 2.05. The van der Waals surface area contributed by atoms with E-state index in [9.17, 15) is 0 Å². The van der Waals surface area contributed by atoms with Gasteiger partial charge in [-0.15, -0.1) is 0 Å². The third kappa shape index (κ3) is 2.36. The molecule has 0 bridgehead atoms. The van der Waals surface area contributed by atoms with Crippen LogP contribution in [0.25, 0.3) is 0 Å². The summed E-state index contributed by atoms with van der Waals surface area (Å²) in [6.45, 7) is 3.69. The molecule has 0 aliphatic carbocycles. The Morgan fingerprint density at radius 1 is 1.40 bits per heavy atom. The molecule has 10 heavy (non-hydrogen) atoms. The fourth-order valence-electron chi connectivity index (χ4n) is 0.977. The number of alkyl halides is 1. The Labute approximate surface area is 75.4 Å². The quantitative estimate of drug-likeness (QED) is 0.552. The van der Waals surface area contributed by atoms with Gasteiger partial charge in [0.25, 0.3) is 0 Å². The lowest BCUT2D eigenvalue weighted by Crippen LogP contribution is -2.36. The maximum atomic E-state index is 5.65. The second-order valence-corrected chi connectivity index (χ2v) is 3.36. The van der Waals surface area contributed by atoms with Crippen LogP contribution in [0.15, 0.2) is 0 Å². The Hall–Kier alpha value is 0.650. The number of hydrogen-bond acceptors (Lipinski definition) is 2. The topological polar surface area (TPSA) is 18.5 Å². The highest BCUT2D eigenvalue weighted by atomic mass is 127. The summed E-state index contributed by atoms with van der Waals surface area (Å²) in [6.07, 6.45) is 1.74. The van der Waals surface area contributed by atoms with Gasteiger partial charge < -0.3 is 9.47 Å². The maximum absolute atomic E-state index is 5.65. The molecular formula is C7H13IO2. The van der Waals surface area contributed by atoms with Crippen molar-refractivity contribution in [1.29, 1.82) is 0 Å². The van der Waals surface area contributed by atoms with Crippen LogP contribution in [0.4, 0.5) is 0 Å². The predicted octanol–water partition coefficient (Wildman–Crippen LogP) is 1.62. The van der Waals surface area contributed by atoms with Gasteiger partial charge in [-0.3, -0.25) is 0 Å². The van der Waals surface area contributed by atoms with Crippen LogP contribution in [0.5, 0.6) is 0 Å². The van der Waals surface area contributed by atoms with Crippen molar-refractivity contribution in [1.82, 2.24) is 0 Å². The summed E-state index contributed by atoms with van der Waals surface area (Å²) in [5.41, 5.74) is 0. The number of rotatable bonds is 2. The Kier molecular flexibility index (Phi) is 3.95. The van der Waals surface area contributed by atoms with Gasteiger partial charge >= 0.3 is 0 Å². The van der Waals surface area contributed by atoms with Crippen molar-refractivity contribution in [3.05, 3.63) is 0 Å². The first-order chi connectivity index (χ1) is 4.86. The first kappa shape index (κ1) is 8.74. The van der Waals surface area contributed by atoms with E-state index in [0.29, 0.717) is 12.2 Å². The molecule has 2 unspecified atom stereocenters. The van der Waals surface area contributed by atoms with Gasteiger partial charge in [-0.1, -0.05) is 29.5 Å². The maximum Gasteiger partial charge on any atom is 0.0902 e. The molecule has 0 saturated carbocycles. The Morgan fingerprint density at radius 3 is 2.70 bits per heavy atom. The standard InChI is InChI=1S/C7H13IO2/c1-2-6-4-9-5-7(3-8)10-6/h6-7H,2-5H2,1H3.